The minimum absolute atomic E-state index is 0.116. The Bertz CT molecular complexity index is 574. The molecule has 1 aromatic heterocycles. The zero-order chi connectivity index (χ0) is 16.2. The van der Waals surface area contributed by atoms with Gasteiger partial charge in [-0.25, -0.2) is 0 Å². The number of hydrogen-bond acceptors (Lipinski definition) is 5. The van der Waals surface area contributed by atoms with Gasteiger partial charge in [-0.1, -0.05) is 11.6 Å². The highest BCUT2D eigenvalue weighted by molar-refractivity contribution is 7.17. The largest absolute Gasteiger partial charge is 0.376 e. The second-order valence-electron chi connectivity index (χ2n) is 5.57. The van der Waals surface area contributed by atoms with E-state index in [-0.39, 0.29) is 17.9 Å². The molecule has 2 fully saturated rings. The van der Waals surface area contributed by atoms with Gasteiger partial charge in [0.05, 0.1) is 35.1 Å². The Hall–Kier alpha value is -1.15. The van der Waals surface area contributed by atoms with Crippen molar-refractivity contribution in [2.45, 2.75) is 25.0 Å². The highest BCUT2D eigenvalue weighted by Crippen LogP contribution is 2.26. The fraction of sp³-hybridized carbons (Fsp3) is 0.600. The zero-order valence-corrected chi connectivity index (χ0v) is 14.2. The van der Waals surface area contributed by atoms with Crippen LogP contribution in [0.25, 0.3) is 0 Å². The van der Waals surface area contributed by atoms with E-state index >= 15 is 0 Å². The molecular formula is C15H19ClN2O4S. The summed E-state index contributed by atoms with van der Waals surface area (Å²) in [6.07, 6.45) is 1.39. The summed E-state index contributed by atoms with van der Waals surface area (Å²) in [5.41, 5.74) is 0. The smallest absolute Gasteiger partial charge is 0.264 e. The molecule has 2 atom stereocenters. The van der Waals surface area contributed by atoms with E-state index in [1.165, 1.54) is 11.3 Å². The first-order chi connectivity index (χ1) is 11.1. The Morgan fingerprint density at radius 2 is 2.26 bits per heavy atom. The second-order valence-corrected chi connectivity index (χ2v) is 7.29. The number of carbonyl (C=O) groups excluding carboxylic acids is 2. The van der Waals surface area contributed by atoms with Crippen molar-refractivity contribution in [1.29, 1.82) is 0 Å². The van der Waals surface area contributed by atoms with Gasteiger partial charge in [-0.2, -0.15) is 0 Å². The van der Waals surface area contributed by atoms with E-state index < -0.39 is 6.04 Å². The van der Waals surface area contributed by atoms with Gasteiger partial charge < -0.3 is 19.7 Å². The van der Waals surface area contributed by atoms with Gasteiger partial charge in [-0.15, -0.1) is 11.3 Å². The third kappa shape index (κ3) is 4.03. The SMILES string of the molecule is O=C(NCC1COCCO1)C1CCCN1C(=O)c1ccc(Cl)s1. The van der Waals surface area contributed by atoms with Crippen LogP contribution in [0.3, 0.4) is 0 Å². The van der Waals surface area contributed by atoms with E-state index in [1.807, 2.05) is 0 Å². The number of hydrogen-bond donors (Lipinski definition) is 1. The molecule has 0 spiro atoms. The number of rotatable bonds is 4. The van der Waals surface area contributed by atoms with Crippen LogP contribution in [0.5, 0.6) is 0 Å². The molecule has 2 aliphatic heterocycles. The minimum atomic E-state index is -0.423. The summed E-state index contributed by atoms with van der Waals surface area (Å²) >= 11 is 7.13. The maximum absolute atomic E-state index is 12.5. The Morgan fingerprint density at radius 1 is 1.39 bits per heavy atom. The number of thiophene rings is 1. The normalized spacial score (nSPS) is 24.7. The van der Waals surface area contributed by atoms with Gasteiger partial charge in [-0.05, 0) is 25.0 Å². The van der Waals surface area contributed by atoms with E-state index in [4.69, 9.17) is 21.1 Å². The van der Waals surface area contributed by atoms with E-state index in [9.17, 15) is 9.59 Å². The Labute approximate surface area is 143 Å². The summed E-state index contributed by atoms with van der Waals surface area (Å²) in [7, 11) is 0. The summed E-state index contributed by atoms with van der Waals surface area (Å²) in [5.74, 6) is -0.260. The predicted octanol–water partition coefficient (Wildman–Crippen LogP) is 1.54. The molecule has 126 valence electrons. The molecule has 3 rings (SSSR count). The molecule has 0 saturated carbocycles. The lowest BCUT2D eigenvalue weighted by Gasteiger charge is -2.26. The number of nitrogens with zero attached hydrogens (tertiary/aromatic N) is 1. The van der Waals surface area contributed by atoms with Crippen LogP contribution in [0.15, 0.2) is 12.1 Å². The molecule has 3 heterocycles. The van der Waals surface area contributed by atoms with E-state index in [2.05, 4.69) is 5.32 Å². The molecule has 0 aliphatic carbocycles. The highest BCUT2D eigenvalue weighted by Gasteiger charge is 2.35. The van der Waals surface area contributed by atoms with Crippen molar-refractivity contribution >= 4 is 34.8 Å². The number of carbonyl (C=O) groups is 2. The van der Waals surface area contributed by atoms with Gasteiger partial charge in [-0.3, -0.25) is 9.59 Å². The molecule has 0 aromatic carbocycles. The maximum atomic E-state index is 12.5. The number of amides is 2. The minimum Gasteiger partial charge on any atom is -0.376 e. The molecule has 23 heavy (non-hydrogen) atoms. The van der Waals surface area contributed by atoms with Crippen molar-refractivity contribution in [3.8, 4) is 0 Å². The predicted molar refractivity (Wildman–Crippen MR) is 87.0 cm³/mol. The van der Waals surface area contributed by atoms with Crippen molar-refractivity contribution in [3.05, 3.63) is 21.3 Å². The maximum Gasteiger partial charge on any atom is 0.264 e. The van der Waals surface area contributed by atoms with Gasteiger partial charge >= 0.3 is 0 Å². The molecule has 2 amide bonds. The number of halogens is 1. The van der Waals surface area contributed by atoms with Crippen LogP contribution < -0.4 is 5.32 Å². The Kier molecular flexibility index (Phi) is 5.53. The van der Waals surface area contributed by atoms with Crippen molar-refractivity contribution in [2.24, 2.45) is 0 Å². The summed E-state index contributed by atoms with van der Waals surface area (Å²) in [5, 5.41) is 2.88. The van der Waals surface area contributed by atoms with Crippen LogP contribution in [0.1, 0.15) is 22.5 Å². The van der Waals surface area contributed by atoms with E-state index in [1.54, 1.807) is 17.0 Å². The third-order valence-electron chi connectivity index (χ3n) is 3.99. The average Bonchev–Trinajstić information content (AvgIpc) is 3.22. The van der Waals surface area contributed by atoms with Crippen LogP contribution >= 0.6 is 22.9 Å². The molecule has 2 saturated heterocycles. The summed E-state index contributed by atoms with van der Waals surface area (Å²) < 4.78 is 11.4. The fourth-order valence-electron chi connectivity index (χ4n) is 2.84. The molecule has 0 bridgehead atoms. The lowest BCUT2D eigenvalue weighted by Crippen LogP contribution is -2.48. The molecule has 6 nitrogen and oxygen atoms in total. The molecule has 1 N–H and O–H groups in total. The standard InChI is InChI=1S/C15H19ClN2O4S/c16-13-4-3-12(23-13)15(20)18-5-1-2-11(18)14(19)17-8-10-9-21-6-7-22-10/h3-4,10-11H,1-2,5-9H2,(H,17,19). The van der Waals surface area contributed by atoms with Crippen molar-refractivity contribution < 1.29 is 19.1 Å². The summed E-state index contributed by atoms with van der Waals surface area (Å²) in [4.78, 5) is 27.2. The molecule has 2 unspecified atom stereocenters. The fourth-order valence-corrected chi connectivity index (χ4v) is 3.84. The van der Waals surface area contributed by atoms with Crippen LogP contribution in [0.4, 0.5) is 0 Å². The lowest BCUT2D eigenvalue weighted by molar-refractivity contribution is -0.127. The summed E-state index contributed by atoms with van der Waals surface area (Å²) in [6.45, 7) is 2.63. The van der Waals surface area contributed by atoms with E-state index in [0.717, 1.165) is 6.42 Å². The number of ether oxygens (including phenoxy) is 2. The van der Waals surface area contributed by atoms with Crippen molar-refractivity contribution in [1.82, 2.24) is 10.2 Å². The van der Waals surface area contributed by atoms with Crippen LogP contribution in [-0.2, 0) is 14.3 Å². The average molecular weight is 359 g/mol. The first-order valence-electron chi connectivity index (χ1n) is 7.68. The molecule has 2 aliphatic rings. The van der Waals surface area contributed by atoms with Gasteiger partial charge in [0, 0.05) is 13.1 Å². The Morgan fingerprint density at radius 3 is 2.96 bits per heavy atom. The summed E-state index contributed by atoms with van der Waals surface area (Å²) in [6, 6.07) is 2.98. The molecular weight excluding hydrogens is 340 g/mol. The molecule has 8 heteroatoms. The van der Waals surface area contributed by atoms with Crippen molar-refractivity contribution in [2.75, 3.05) is 32.9 Å². The van der Waals surface area contributed by atoms with Gasteiger partial charge in [0.25, 0.3) is 5.91 Å². The zero-order valence-electron chi connectivity index (χ0n) is 12.6. The van der Waals surface area contributed by atoms with Crippen LogP contribution in [0, 0.1) is 0 Å². The third-order valence-corrected chi connectivity index (χ3v) is 5.21. The molecule has 1 aromatic rings. The monoisotopic (exact) mass is 358 g/mol. The highest BCUT2D eigenvalue weighted by atomic mass is 35.5. The van der Waals surface area contributed by atoms with E-state index in [0.29, 0.717) is 48.5 Å². The number of likely N-dealkylation sites (tertiary alicyclic amines) is 1. The van der Waals surface area contributed by atoms with Crippen molar-refractivity contribution in [3.63, 3.8) is 0 Å². The van der Waals surface area contributed by atoms with Crippen LogP contribution in [-0.4, -0.2) is 61.8 Å². The first kappa shape index (κ1) is 16.7. The lowest BCUT2D eigenvalue weighted by atomic mass is 10.2. The number of nitrogens with one attached hydrogen (secondary N) is 1. The Balaban J connectivity index is 1.57. The van der Waals surface area contributed by atoms with Gasteiger partial charge in [0.2, 0.25) is 5.91 Å². The van der Waals surface area contributed by atoms with Crippen LogP contribution in [0.2, 0.25) is 4.34 Å². The topological polar surface area (TPSA) is 67.9 Å². The first-order valence-corrected chi connectivity index (χ1v) is 8.88. The molecule has 0 radical (unpaired) electrons. The van der Waals surface area contributed by atoms with Gasteiger partial charge in [0.15, 0.2) is 0 Å². The second kappa shape index (κ2) is 7.61. The quantitative estimate of drug-likeness (QED) is 0.886. The van der Waals surface area contributed by atoms with Gasteiger partial charge in [0.1, 0.15) is 6.04 Å².